The second-order valence-corrected chi connectivity index (χ2v) is 20.8. The van der Waals surface area contributed by atoms with Crippen LogP contribution in [-0.2, 0) is 23.7 Å². The molecule has 7 aliphatic rings. The van der Waals surface area contributed by atoms with Crippen molar-refractivity contribution in [3.63, 3.8) is 0 Å². The quantitative estimate of drug-likeness (QED) is 0.164. The lowest BCUT2D eigenvalue weighted by molar-refractivity contribution is -0.367. The van der Waals surface area contributed by atoms with E-state index in [1.807, 2.05) is 0 Å². The largest absolute Gasteiger partial charge is 0.394 e. The molecule has 21 atom stereocenters. The van der Waals surface area contributed by atoms with Gasteiger partial charge in [0.05, 0.1) is 42.7 Å². The molecule has 0 unspecified atom stereocenters. The molecule has 9 N–H and O–H groups in total. The first-order chi connectivity index (χ1) is 25.4. The van der Waals surface area contributed by atoms with Crippen molar-refractivity contribution in [1.82, 2.24) is 0 Å². The van der Waals surface area contributed by atoms with Crippen molar-refractivity contribution in [1.29, 1.82) is 0 Å². The Morgan fingerprint density at radius 3 is 2.02 bits per heavy atom. The molecule has 318 valence electrons. The first-order valence-corrected chi connectivity index (χ1v) is 20.8. The molecule has 0 aromatic heterocycles. The molecule has 3 saturated heterocycles. The maximum Gasteiger partial charge on any atom is 0.187 e. The Bertz CT molecular complexity index is 1390. The lowest BCUT2D eigenvalue weighted by Gasteiger charge is -2.70. The zero-order chi connectivity index (χ0) is 40.4. The Morgan fingerprint density at radius 1 is 0.709 bits per heavy atom. The second kappa shape index (κ2) is 14.3. The summed E-state index contributed by atoms with van der Waals surface area (Å²) in [5.41, 5.74) is -2.61. The van der Waals surface area contributed by atoms with Gasteiger partial charge in [-0.3, -0.25) is 0 Å². The predicted molar refractivity (Wildman–Crippen MR) is 196 cm³/mol. The highest BCUT2D eigenvalue weighted by molar-refractivity contribution is 5.21. The minimum absolute atomic E-state index is 0.00908. The Kier molecular flexibility index (Phi) is 11.1. The minimum Gasteiger partial charge on any atom is -0.394 e. The van der Waals surface area contributed by atoms with E-state index in [0.29, 0.717) is 19.3 Å². The average molecular weight is 787 g/mol. The molecular formula is C41H70O14. The van der Waals surface area contributed by atoms with Crippen LogP contribution in [0.4, 0.5) is 0 Å². The molecule has 0 aromatic carbocycles. The molecule has 7 rings (SSSR count). The maximum absolute atomic E-state index is 12.3. The molecule has 7 fully saturated rings. The first-order valence-electron chi connectivity index (χ1n) is 20.8. The van der Waals surface area contributed by atoms with E-state index >= 15 is 0 Å². The van der Waals surface area contributed by atoms with Crippen LogP contribution in [0.25, 0.3) is 0 Å². The second-order valence-electron chi connectivity index (χ2n) is 20.8. The van der Waals surface area contributed by atoms with Gasteiger partial charge in [0.2, 0.25) is 0 Å². The van der Waals surface area contributed by atoms with Crippen LogP contribution in [0.3, 0.4) is 0 Å². The van der Waals surface area contributed by atoms with Crippen LogP contribution in [0.15, 0.2) is 0 Å². The number of rotatable bonds is 7. The summed E-state index contributed by atoms with van der Waals surface area (Å²) in [6.07, 6.45) is -9.03. The number of hydrogen-bond donors (Lipinski definition) is 9. The standard InChI is InChI=1S/C41H70O14/c1-36(2)24-10-14-39(6)25(15-20(43)27-19(9-13-40(27,39)7)41(8)16-21(44)33(55-41)37(3,4)50)38(24,5)12-11-26(36)53-35-32(28(46)22(45)18-51-35)54-34-31(49)30(48)29(47)23(17-42)52-34/h19-35,42-50H,9-18H2,1-8H3/t19-,20+,21-,22+,23+,24-,25+,26-,27-,28-,29-,30-,31+,32+,33-,34-,35-,38-,39+,40+,41-/m0/s1. The molecule has 4 saturated carbocycles. The summed E-state index contributed by atoms with van der Waals surface area (Å²) in [5, 5.41) is 96.8. The zero-order valence-electron chi connectivity index (χ0n) is 34.0. The van der Waals surface area contributed by atoms with Gasteiger partial charge in [0.15, 0.2) is 12.6 Å². The summed E-state index contributed by atoms with van der Waals surface area (Å²) >= 11 is 0. The predicted octanol–water partition coefficient (Wildman–Crippen LogP) is 0.970. The molecule has 4 aliphatic carbocycles. The Labute approximate surface area is 325 Å². The summed E-state index contributed by atoms with van der Waals surface area (Å²) in [6, 6.07) is 0. The molecule has 3 heterocycles. The molecule has 14 heteroatoms. The topological polar surface area (TPSA) is 228 Å². The van der Waals surface area contributed by atoms with E-state index < -0.39 is 91.4 Å². The smallest absolute Gasteiger partial charge is 0.187 e. The molecule has 3 aliphatic heterocycles. The van der Waals surface area contributed by atoms with Gasteiger partial charge in [-0.25, -0.2) is 0 Å². The number of hydrogen-bond acceptors (Lipinski definition) is 14. The zero-order valence-corrected chi connectivity index (χ0v) is 34.0. The summed E-state index contributed by atoms with van der Waals surface area (Å²) in [7, 11) is 0. The van der Waals surface area contributed by atoms with E-state index in [2.05, 4.69) is 41.5 Å². The normalized spacial score (nSPS) is 56.8. The molecule has 0 amide bonds. The third-order valence-corrected chi connectivity index (χ3v) is 17.0. The van der Waals surface area contributed by atoms with E-state index in [4.69, 9.17) is 23.7 Å². The van der Waals surface area contributed by atoms with Gasteiger partial charge < -0.3 is 69.6 Å². The Morgan fingerprint density at radius 2 is 1.38 bits per heavy atom. The van der Waals surface area contributed by atoms with E-state index in [1.54, 1.807) is 13.8 Å². The van der Waals surface area contributed by atoms with Crippen LogP contribution < -0.4 is 0 Å². The molecule has 0 aromatic rings. The van der Waals surface area contributed by atoms with Crippen LogP contribution in [0.1, 0.15) is 107 Å². The van der Waals surface area contributed by atoms with Gasteiger partial charge in [-0.05, 0) is 111 Å². The summed E-state index contributed by atoms with van der Waals surface area (Å²) < 4.78 is 30.8. The van der Waals surface area contributed by atoms with Crippen LogP contribution in [0, 0.1) is 45.3 Å². The molecule has 14 nitrogen and oxygen atoms in total. The lowest BCUT2D eigenvalue weighted by atomic mass is 9.35. The minimum atomic E-state index is -1.71. The fraction of sp³-hybridized carbons (Fsp3) is 1.00. The molecule has 0 spiro atoms. The van der Waals surface area contributed by atoms with Crippen molar-refractivity contribution in [2.75, 3.05) is 13.2 Å². The first kappa shape index (κ1) is 42.6. The van der Waals surface area contributed by atoms with Gasteiger partial charge in [0.25, 0.3) is 0 Å². The third-order valence-electron chi connectivity index (χ3n) is 17.0. The van der Waals surface area contributed by atoms with Crippen LogP contribution in [0.5, 0.6) is 0 Å². The number of ether oxygens (including phenoxy) is 5. The van der Waals surface area contributed by atoms with Crippen LogP contribution in [-0.4, -0.2) is 150 Å². The van der Waals surface area contributed by atoms with Gasteiger partial charge in [0.1, 0.15) is 48.8 Å². The van der Waals surface area contributed by atoms with E-state index in [0.717, 1.165) is 32.1 Å². The summed E-state index contributed by atoms with van der Waals surface area (Å²) in [5.74, 6) is 0.473. The average Bonchev–Trinajstić information content (AvgIpc) is 3.65. The van der Waals surface area contributed by atoms with Crippen LogP contribution >= 0.6 is 0 Å². The van der Waals surface area contributed by atoms with Gasteiger partial charge in [0, 0.05) is 6.42 Å². The molecule has 55 heavy (non-hydrogen) atoms. The monoisotopic (exact) mass is 786 g/mol. The Hall–Kier alpha value is -0.560. The van der Waals surface area contributed by atoms with E-state index in [-0.39, 0.29) is 58.0 Å². The third kappa shape index (κ3) is 6.50. The van der Waals surface area contributed by atoms with E-state index in [1.165, 1.54) is 0 Å². The number of aliphatic hydroxyl groups is 9. The molecular weight excluding hydrogens is 716 g/mol. The number of fused-ring (bicyclic) bond motifs is 5. The van der Waals surface area contributed by atoms with Crippen molar-refractivity contribution in [3.8, 4) is 0 Å². The highest BCUT2D eigenvalue weighted by atomic mass is 16.8. The van der Waals surface area contributed by atoms with Crippen molar-refractivity contribution in [3.05, 3.63) is 0 Å². The van der Waals surface area contributed by atoms with Crippen molar-refractivity contribution < 1.29 is 69.6 Å². The van der Waals surface area contributed by atoms with Crippen molar-refractivity contribution in [2.45, 2.75) is 198 Å². The van der Waals surface area contributed by atoms with Crippen molar-refractivity contribution in [2.24, 2.45) is 45.3 Å². The fourth-order valence-corrected chi connectivity index (χ4v) is 14.0. The molecule has 0 bridgehead atoms. The van der Waals surface area contributed by atoms with E-state index in [9.17, 15) is 46.0 Å². The summed E-state index contributed by atoms with van der Waals surface area (Å²) in [4.78, 5) is 0. The highest BCUT2D eigenvalue weighted by Crippen LogP contribution is 2.76. The SMILES string of the molecule is CC(C)(O)[C@H]1O[C@](C)([C@H]2CC[C@]3(C)[C@@H]2[C@H](O)C[C@@H]2[C@@]4(C)CC[C@H](O[C@@H]5OC[C@@H](O)[C@H](O)[C@H]5O[C@@H]5O[C@H](CO)[C@H](O)[C@H](O)[C@H]5O)C(C)(C)[C@@H]4CC[C@]23C)C[C@@H]1O. The Balaban J connectivity index is 1.10. The molecule has 0 radical (unpaired) electrons. The van der Waals surface area contributed by atoms with Gasteiger partial charge in [-0.15, -0.1) is 0 Å². The fourth-order valence-electron chi connectivity index (χ4n) is 14.0. The highest BCUT2D eigenvalue weighted by Gasteiger charge is 2.72. The maximum atomic E-state index is 12.3. The van der Waals surface area contributed by atoms with Gasteiger partial charge in [-0.1, -0.05) is 34.6 Å². The van der Waals surface area contributed by atoms with Crippen molar-refractivity contribution >= 4 is 0 Å². The van der Waals surface area contributed by atoms with Crippen LogP contribution in [0.2, 0.25) is 0 Å². The lowest BCUT2D eigenvalue weighted by Crippen LogP contribution is -2.67. The van der Waals surface area contributed by atoms with Gasteiger partial charge in [-0.2, -0.15) is 0 Å². The summed E-state index contributed by atoms with van der Waals surface area (Å²) in [6.45, 7) is 16.2. The van der Waals surface area contributed by atoms with Gasteiger partial charge >= 0.3 is 0 Å². The number of aliphatic hydroxyl groups excluding tert-OH is 8.